The topological polar surface area (TPSA) is 90.0 Å². The van der Waals surface area contributed by atoms with Gasteiger partial charge < -0.3 is 15.0 Å². The molecule has 6 nitrogen and oxygen atoms in total. The summed E-state index contributed by atoms with van der Waals surface area (Å²) in [5, 5.41) is 10.5. The molecule has 0 aliphatic heterocycles. The number of benzene rings is 1. The average Bonchev–Trinajstić information content (AvgIpc) is 3.09. The van der Waals surface area contributed by atoms with E-state index in [1.165, 1.54) is 0 Å². The van der Waals surface area contributed by atoms with Gasteiger partial charge >= 0.3 is 0 Å². The first-order chi connectivity index (χ1) is 9.79. The minimum atomic E-state index is 0.352. The SMILES string of the molecule is CCOc1ccc(-c2c(N)noc2-c2cn[nH]c2)cc1. The van der Waals surface area contributed by atoms with Gasteiger partial charge in [-0.3, -0.25) is 5.10 Å². The molecule has 0 saturated carbocycles. The normalized spacial score (nSPS) is 10.7. The number of nitrogen functional groups attached to an aromatic ring is 1. The standard InChI is InChI=1S/C14H14N4O2/c1-2-19-11-5-3-9(4-6-11)12-13(20-18-14(12)15)10-7-16-17-8-10/h3-8H,2H2,1H3,(H2,15,18)(H,16,17). The number of rotatable bonds is 4. The van der Waals surface area contributed by atoms with Crippen LogP contribution in [0.3, 0.4) is 0 Å². The molecule has 0 bridgehead atoms. The minimum Gasteiger partial charge on any atom is -0.494 e. The predicted molar refractivity (Wildman–Crippen MR) is 75.1 cm³/mol. The zero-order chi connectivity index (χ0) is 13.9. The second-order valence-corrected chi connectivity index (χ2v) is 4.22. The average molecular weight is 270 g/mol. The van der Waals surface area contributed by atoms with E-state index in [0.29, 0.717) is 18.2 Å². The molecule has 3 rings (SSSR count). The number of anilines is 1. The summed E-state index contributed by atoms with van der Waals surface area (Å²) in [4.78, 5) is 0. The highest BCUT2D eigenvalue weighted by atomic mass is 16.5. The quantitative estimate of drug-likeness (QED) is 0.760. The Balaban J connectivity index is 2.03. The van der Waals surface area contributed by atoms with Crippen LogP contribution in [0.1, 0.15) is 6.92 Å². The summed E-state index contributed by atoms with van der Waals surface area (Å²) in [6, 6.07) is 7.64. The number of nitrogens with one attached hydrogen (secondary N) is 1. The lowest BCUT2D eigenvalue weighted by Gasteiger charge is -2.05. The molecule has 0 spiro atoms. The van der Waals surface area contributed by atoms with Crippen LogP contribution in [0, 0.1) is 0 Å². The van der Waals surface area contributed by atoms with Crippen molar-refractivity contribution < 1.29 is 9.26 Å². The summed E-state index contributed by atoms with van der Waals surface area (Å²) in [6.07, 6.45) is 3.40. The predicted octanol–water partition coefficient (Wildman–Crippen LogP) is 2.71. The molecular weight excluding hydrogens is 256 g/mol. The highest BCUT2D eigenvalue weighted by molar-refractivity contribution is 5.86. The van der Waals surface area contributed by atoms with E-state index in [0.717, 1.165) is 22.4 Å². The molecule has 2 heterocycles. The van der Waals surface area contributed by atoms with Crippen LogP contribution in [0.15, 0.2) is 41.2 Å². The summed E-state index contributed by atoms with van der Waals surface area (Å²) in [5.41, 5.74) is 8.39. The molecule has 0 atom stereocenters. The number of nitrogens with two attached hydrogens (primary N) is 1. The Bertz CT molecular complexity index is 687. The molecule has 20 heavy (non-hydrogen) atoms. The molecular formula is C14H14N4O2. The van der Waals surface area contributed by atoms with Gasteiger partial charge in [-0.15, -0.1) is 0 Å². The number of hydrogen-bond donors (Lipinski definition) is 2. The first-order valence-corrected chi connectivity index (χ1v) is 6.27. The molecule has 0 amide bonds. The summed E-state index contributed by atoms with van der Waals surface area (Å²) < 4.78 is 10.7. The Morgan fingerprint density at radius 3 is 2.70 bits per heavy atom. The minimum absolute atomic E-state index is 0.352. The van der Waals surface area contributed by atoms with Gasteiger partial charge in [0, 0.05) is 6.20 Å². The van der Waals surface area contributed by atoms with Crippen molar-refractivity contribution in [2.75, 3.05) is 12.3 Å². The van der Waals surface area contributed by atoms with Crippen LogP contribution < -0.4 is 10.5 Å². The number of nitrogens with zero attached hydrogens (tertiary/aromatic N) is 2. The fourth-order valence-electron chi connectivity index (χ4n) is 2.04. The van der Waals surface area contributed by atoms with Gasteiger partial charge in [0.2, 0.25) is 0 Å². The molecule has 0 aliphatic carbocycles. The first-order valence-electron chi connectivity index (χ1n) is 6.27. The molecule has 1 aromatic carbocycles. The second-order valence-electron chi connectivity index (χ2n) is 4.22. The molecule has 2 aromatic heterocycles. The van der Waals surface area contributed by atoms with E-state index in [2.05, 4.69) is 15.4 Å². The molecule has 0 saturated heterocycles. The lowest BCUT2D eigenvalue weighted by molar-refractivity contribution is 0.340. The monoisotopic (exact) mass is 270 g/mol. The Labute approximate surface area is 115 Å². The second kappa shape index (κ2) is 5.08. The fraction of sp³-hybridized carbons (Fsp3) is 0.143. The van der Waals surface area contributed by atoms with Crippen LogP contribution >= 0.6 is 0 Å². The molecule has 0 unspecified atom stereocenters. The van der Waals surface area contributed by atoms with Crippen molar-refractivity contribution in [1.82, 2.24) is 15.4 Å². The summed E-state index contributed by atoms with van der Waals surface area (Å²) in [6.45, 7) is 2.58. The van der Waals surface area contributed by atoms with Gasteiger partial charge in [0.05, 0.1) is 23.9 Å². The fourth-order valence-corrected chi connectivity index (χ4v) is 2.04. The first kappa shape index (κ1) is 12.3. The van der Waals surface area contributed by atoms with Crippen molar-refractivity contribution in [3.63, 3.8) is 0 Å². The Kier molecular flexibility index (Phi) is 3.12. The lowest BCUT2D eigenvalue weighted by Crippen LogP contribution is -1.92. The maximum absolute atomic E-state index is 5.91. The lowest BCUT2D eigenvalue weighted by atomic mass is 10.0. The Hall–Kier alpha value is -2.76. The number of ether oxygens (including phenoxy) is 1. The smallest absolute Gasteiger partial charge is 0.180 e. The number of aromatic nitrogens is 3. The third-order valence-corrected chi connectivity index (χ3v) is 2.93. The van der Waals surface area contributed by atoms with Crippen LogP contribution in [-0.2, 0) is 0 Å². The van der Waals surface area contributed by atoms with Crippen LogP contribution in [0.2, 0.25) is 0 Å². The van der Waals surface area contributed by atoms with Crippen molar-refractivity contribution in [2.24, 2.45) is 0 Å². The zero-order valence-electron chi connectivity index (χ0n) is 11.0. The van der Waals surface area contributed by atoms with E-state index in [9.17, 15) is 0 Å². The van der Waals surface area contributed by atoms with Gasteiger partial charge in [0.25, 0.3) is 0 Å². The molecule has 3 N–H and O–H groups in total. The summed E-state index contributed by atoms with van der Waals surface area (Å²) >= 11 is 0. The van der Waals surface area contributed by atoms with Crippen LogP contribution in [0.25, 0.3) is 22.5 Å². The molecule has 3 aromatic rings. The van der Waals surface area contributed by atoms with E-state index >= 15 is 0 Å². The number of aromatic amines is 1. The highest BCUT2D eigenvalue weighted by Crippen LogP contribution is 2.36. The molecule has 0 radical (unpaired) electrons. The molecule has 102 valence electrons. The summed E-state index contributed by atoms with van der Waals surface area (Å²) in [5.74, 6) is 1.77. The third kappa shape index (κ3) is 2.11. The van der Waals surface area contributed by atoms with E-state index in [1.54, 1.807) is 12.4 Å². The van der Waals surface area contributed by atoms with Crippen molar-refractivity contribution in [3.05, 3.63) is 36.7 Å². The molecule has 0 fully saturated rings. The maximum atomic E-state index is 5.91. The highest BCUT2D eigenvalue weighted by Gasteiger charge is 2.18. The van der Waals surface area contributed by atoms with Crippen LogP contribution in [-0.4, -0.2) is 22.0 Å². The van der Waals surface area contributed by atoms with Crippen molar-refractivity contribution in [3.8, 4) is 28.2 Å². The Morgan fingerprint density at radius 1 is 1.25 bits per heavy atom. The van der Waals surface area contributed by atoms with E-state index in [4.69, 9.17) is 15.0 Å². The third-order valence-electron chi connectivity index (χ3n) is 2.93. The van der Waals surface area contributed by atoms with Gasteiger partial charge in [0.1, 0.15) is 5.75 Å². The Morgan fingerprint density at radius 2 is 2.05 bits per heavy atom. The number of H-pyrrole nitrogens is 1. The number of hydrogen-bond acceptors (Lipinski definition) is 5. The van der Waals surface area contributed by atoms with E-state index in [-0.39, 0.29) is 0 Å². The van der Waals surface area contributed by atoms with Gasteiger partial charge in [0.15, 0.2) is 11.6 Å². The van der Waals surface area contributed by atoms with Gasteiger partial charge in [-0.1, -0.05) is 17.3 Å². The zero-order valence-corrected chi connectivity index (χ0v) is 11.0. The van der Waals surface area contributed by atoms with Crippen LogP contribution in [0.4, 0.5) is 5.82 Å². The van der Waals surface area contributed by atoms with Crippen molar-refractivity contribution in [2.45, 2.75) is 6.92 Å². The maximum Gasteiger partial charge on any atom is 0.180 e. The molecule has 6 heteroatoms. The van der Waals surface area contributed by atoms with Gasteiger partial charge in [-0.2, -0.15) is 5.10 Å². The van der Waals surface area contributed by atoms with E-state index in [1.807, 2.05) is 31.2 Å². The van der Waals surface area contributed by atoms with Crippen LogP contribution in [0.5, 0.6) is 5.75 Å². The summed E-state index contributed by atoms with van der Waals surface area (Å²) in [7, 11) is 0. The molecule has 0 aliphatic rings. The largest absolute Gasteiger partial charge is 0.494 e. The van der Waals surface area contributed by atoms with Gasteiger partial charge in [-0.25, -0.2) is 0 Å². The van der Waals surface area contributed by atoms with Crippen molar-refractivity contribution in [1.29, 1.82) is 0 Å². The van der Waals surface area contributed by atoms with Gasteiger partial charge in [-0.05, 0) is 24.6 Å². The van der Waals surface area contributed by atoms with Crippen molar-refractivity contribution >= 4 is 5.82 Å². The van der Waals surface area contributed by atoms with E-state index < -0.39 is 0 Å².